The highest BCUT2D eigenvalue weighted by molar-refractivity contribution is 7.92. The van der Waals surface area contributed by atoms with Crippen molar-refractivity contribution in [2.45, 2.75) is 19.4 Å². The average molecular weight is 478 g/mol. The van der Waals surface area contributed by atoms with Gasteiger partial charge in [-0.2, -0.15) is 0 Å². The number of anilines is 1. The number of carbonyl (C=O) groups excluding carboxylic acids is 2. The average Bonchev–Trinajstić information content (AvgIpc) is 2.79. The first-order chi connectivity index (χ1) is 15.5. The Bertz CT molecular complexity index is 1080. The van der Waals surface area contributed by atoms with Crippen LogP contribution in [0.3, 0.4) is 0 Å². The molecule has 0 saturated carbocycles. The zero-order valence-corrected chi connectivity index (χ0v) is 20.6. The van der Waals surface area contributed by atoms with Gasteiger partial charge in [0.25, 0.3) is 5.91 Å². The van der Waals surface area contributed by atoms with Crippen LogP contribution < -0.4 is 19.1 Å². The van der Waals surface area contributed by atoms with E-state index in [2.05, 4.69) is 5.32 Å². The molecule has 0 aliphatic rings. The van der Waals surface area contributed by atoms with Crippen LogP contribution in [0.2, 0.25) is 0 Å². The van der Waals surface area contributed by atoms with E-state index >= 15 is 0 Å². The Morgan fingerprint density at radius 2 is 1.61 bits per heavy atom. The van der Waals surface area contributed by atoms with Crippen molar-refractivity contribution >= 4 is 27.5 Å². The fourth-order valence-corrected chi connectivity index (χ4v) is 4.15. The molecule has 0 bridgehead atoms. The molecule has 2 rings (SSSR count). The molecule has 2 aromatic carbocycles. The van der Waals surface area contributed by atoms with Crippen molar-refractivity contribution in [3.05, 3.63) is 53.6 Å². The Morgan fingerprint density at radius 1 is 1.00 bits per heavy atom. The molecular formula is C23H31N3O6S. The molecule has 2 aromatic rings. The van der Waals surface area contributed by atoms with Crippen LogP contribution in [0.5, 0.6) is 11.5 Å². The highest BCUT2D eigenvalue weighted by Gasteiger charge is 2.23. The van der Waals surface area contributed by atoms with E-state index in [0.717, 1.165) is 16.1 Å². The lowest BCUT2D eigenvalue weighted by molar-refractivity contribution is -0.120. The predicted octanol–water partition coefficient (Wildman–Crippen LogP) is 2.44. The number of nitrogens with one attached hydrogen (secondary N) is 1. The zero-order valence-electron chi connectivity index (χ0n) is 19.8. The summed E-state index contributed by atoms with van der Waals surface area (Å²) in [5, 5.41) is 2.89. The normalized spacial score (nSPS) is 11.9. The van der Waals surface area contributed by atoms with Crippen LogP contribution in [0.1, 0.15) is 35.3 Å². The van der Waals surface area contributed by atoms with Crippen molar-refractivity contribution in [3.63, 3.8) is 0 Å². The molecule has 1 unspecified atom stereocenters. The van der Waals surface area contributed by atoms with E-state index in [1.165, 1.54) is 36.3 Å². The van der Waals surface area contributed by atoms with Crippen molar-refractivity contribution in [1.82, 2.24) is 10.2 Å². The van der Waals surface area contributed by atoms with Crippen molar-refractivity contribution in [2.75, 3.05) is 45.4 Å². The molecule has 33 heavy (non-hydrogen) atoms. The Morgan fingerprint density at radius 3 is 2.09 bits per heavy atom. The molecule has 180 valence electrons. The van der Waals surface area contributed by atoms with Crippen molar-refractivity contribution in [1.29, 1.82) is 0 Å². The zero-order chi connectivity index (χ0) is 24.8. The SMILES string of the molecule is CCC(NC(=O)CN(c1ccc(C(=O)N(C)C)cc1)S(C)(=O)=O)c1ccc(OC)c(OC)c1. The van der Waals surface area contributed by atoms with Crippen molar-refractivity contribution in [2.24, 2.45) is 0 Å². The largest absolute Gasteiger partial charge is 0.493 e. The van der Waals surface area contributed by atoms with Gasteiger partial charge in [0.15, 0.2) is 11.5 Å². The number of ether oxygens (including phenoxy) is 2. The number of sulfonamides is 1. The second-order valence-electron chi connectivity index (χ2n) is 7.66. The molecule has 0 aliphatic heterocycles. The molecule has 1 atom stereocenters. The van der Waals surface area contributed by atoms with Crippen LogP contribution in [0.4, 0.5) is 5.69 Å². The van der Waals surface area contributed by atoms with Crippen LogP contribution >= 0.6 is 0 Å². The first kappa shape index (κ1) is 26.0. The summed E-state index contributed by atoms with van der Waals surface area (Å²) in [4.78, 5) is 26.3. The third kappa shape index (κ3) is 6.61. The summed E-state index contributed by atoms with van der Waals surface area (Å²) >= 11 is 0. The van der Waals surface area contributed by atoms with E-state index in [9.17, 15) is 18.0 Å². The van der Waals surface area contributed by atoms with Gasteiger partial charge < -0.3 is 19.7 Å². The molecule has 0 fully saturated rings. The standard InChI is InChI=1S/C23H31N3O6S/c1-7-19(17-10-13-20(31-4)21(14-17)32-5)24-22(27)15-26(33(6,29)30)18-11-8-16(9-12-18)23(28)25(2)3/h8-14,19H,7,15H2,1-6H3,(H,24,27). The Kier molecular flexibility index (Phi) is 8.69. The van der Waals surface area contributed by atoms with Gasteiger partial charge in [-0.25, -0.2) is 8.42 Å². The fraction of sp³-hybridized carbons (Fsp3) is 0.391. The third-order valence-corrected chi connectivity index (χ3v) is 6.19. The van der Waals surface area contributed by atoms with E-state index in [0.29, 0.717) is 29.2 Å². The minimum Gasteiger partial charge on any atom is -0.493 e. The lowest BCUT2D eigenvalue weighted by Gasteiger charge is -2.24. The van der Waals surface area contributed by atoms with Gasteiger partial charge in [0.05, 0.1) is 32.2 Å². The minimum absolute atomic E-state index is 0.203. The monoisotopic (exact) mass is 477 g/mol. The Balaban J connectivity index is 2.22. The Labute approximate surface area is 195 Å². The third-order valence-electron chi connectivity index (χ3n) is 5.05. The summed E-state index contributed by atoms with van der Waals surface area (Å²) in [6.45, 7) is 1.51. The first-order valence-electron chi connectivity index (χ1n) is 10.3. The molecule has 0 saturated heterocycles. The quantitative estimate of drug-likeness (QED) is 0.564. The molecule has 0 heterocycles. The van der Waals surface area contributed by atoms with Gasteiger partial charge in [-0.1, -0.05) is 13.0 Å². The number of hydrogen-bond acceptors (Lipinski definition) is 6. The summed E-state index contributed by atoms with van der Waals surface area (Å²) in [5.74, 6) is 0.441. The minimum atomic E-state index is -3.75. The number of carbonyl (C=O) groups is 2. The summed E-state index contributed by atoms with van der Waals surface area (Å²) in [6.07, 6.45) is 1.62. The van der Waals surface area contributed by atoms with Gasteiger partial charge in [-0.3, -0.25) is 13.9 Å². The van der Waals surface area contributed by atoms with Crippen molar-refractivity contribution < 1.29 is 27.5 Å². The number of amides is 2. The first-order valence-corrected chi connectivity index (χ1v) is 12.2. The summed E-state index contributed by atoms with van der Waals surface area (Å²) in [5.41, 5.74) is 1.52. The lowest BCUT2D eigenvalue weighted by Crippen LogP contribution is -2.41. The van der Waals surface area contributed by atoms with Gasteiger partial charge in [-0.05, 0) is 48.4 Å². The fourth-order valence-electron chi connectivity index (χ4n) is 3.29. The molecule has 1 N–H and O–H groups in total. The highest BCUT2D eigenvalue weighted by atomic mass is 32.2. The number of benzene rings is 2. The van der Waals surface area contributed by atoms with E-state index in [-0.39, 0.29) is 11.9 Å². The lowest BCUT2D eigenvalue weighted by atomic mass is 10.0. The molecule has 0 aromatic heterocycles. The predicted molar refractivity (Wildman–Crippen MR) is 127 cm³/mol. The second kappa shape index (κ2) is 11.0. The molecule has 9 nitrogen and oxygen atoms in total. The number of methoxy groups -OCH3 is 2. The topological polar surface area (TPSA) is 105 Å². The second-order valence-corrected chi connectivity index (χ2v) is 9.57. The summed E-state index contributed by atoms with van der Waals surface area (Å²) < 4.78 is 36.4. The van der Waals surface area contributed by atoms with Gasteiger partial charge in [-0.15, -0.1) is 0 Å². The van der Waals surface area contributed by atoms with Crippen molar-refractivity contribution in [3.8, 4) is 11.5 Å². The molecular weight excluding hydrogens is 446 g/mol. The smallest absolute Gasteiger partial charge is 0.253 e. The van der Waals surface area contributed by atoms with Crippen LogP contribution in [0, 0.1) is 0 Å². The highest BCUT2D eigenvalue weighted by Crippen LogP contribution is 2.31. The molecule has 0 spiro atoms. The summed E-state index contributed by atoms with van der Waals surface area (Å²) in [6, 6.07) is 11.1. The molecule has 10 heteroatoms. The van der Waals surface area contributed by atoms with E-state index in [1.54, 1.807) is 33.3 Å². The van der Waals surface area contributed by atoms with Gasteiger partial charge >= 0.3 is 0 Å². The van der Waals surface area contributed by atoms with E-state index in [4.69, 9.17) is 9.47 Å². The van der Waals surface area contributed by atoms with Gasteiger partial charge in [0, 0.05) is 19.7 Å². The number of hydrogen-bond donors (Lipinski definition) is 1. The van der Waals surface area contributed by atoms with E-state index in [1.807, 2.05) is 13.0 Å². The molecule has 0 radical (unpaired) electrons. The maximum absolute atomic E-state index is 12.8. The van der Waals surface area contributed by atoms with Crippen LogP contribution in [-0.4, -0.2) is 66.2 Å². The summed E-state index contributed by atoms with van der Waals surface area (Å²) in [7, 11) is 2.58. The Hall–Kier alpha value is -3.27. The maximum Gasteiger partial charge on any atom is 0.253 e. The van der Waals surface area contributed by atoms with Gasteiger partial charge in [0.2, 0.25) is 15.9 Å². The molecule has 2 amide bonds. The van der Waals surface area contributed by atoms with Crippen LogP contribution in [0.15, 0.2) is 42.5 Å². The number of nitrogens with zero attached hydrogens (tertiary/aromatic N) is 2. The van der Waals surface area contributed by atoms with Gasteiger partial charge in [0.1, 0.15) is 6.54 Å². The van der Waals surface area contributed by atoms with Crippen LogP contribution in [0.25, 0.3) is 0 Å². The number of rotatable bonds is 10. The molecule has 0 aliphatic carbocycles. The maximum atomic E-state index is 12.8. The van der Waals surface area contributed by atoms with Crippen LogP contribution in [-0.2, 0) is 14.8 Å². The van der Waals surface area contributed by atoms with E-state index < -0.39 is 22.5 Å².